The molecule has 1 saturated heterocycles. The van der Waals surface area contributed by atoms with E-state index in [1.165, 1.54) is 23.8 Å². The summed E-state index contributed by atoms with van der Waals surface area (Å²) >= 11 is 5.14. The summed E-state index contributed by atoms with van der Waals surface area (Å²) in [5.41, 5.74) is -2.26. The second-order valence-electron chi connectivity index (χ2n) is 8.36. The number of esters is 1. The van der Waals surface area contributed by atoms with E-state index in [0.29, 0.717) is 0 Å². The Morgan fingerprint density at radius 3 is 2.66 bits per heavy atom. The van der Waals surface area contributed by atoms with Crippen LogP contribution in [-0.2, 0) is 23.4 Å². The largest absolute Gasteiger partial charge is 0.466 e. The van der Waals surface area contributed by atoms with Crippen LogP contribution in [0.1, 0.15) is 27.0 Å². The molecular weight excluding hydrogens is 499 g/mol. The van der Waals surface area contributed by atoms with Gasteiger partial charge in [-0.15, -0.1) is 0 Å². The van der Waals surface area contributed by atoms with E-state index in [4.69, 9.17) is 30.7 Å². The zero-order valence-corrected chi connectivity index (χ0v) is 21.2. The molecule has 6 atom stereocenters. The number of carbonyl (C=O) groups is 1. The number of nitrogens with zero attached hydrogens (tertiary/aromatic N) is 1. The predicted octanol–water partition coefficient (Wildman–Crippen LogP) is 2.40. The fourth-order valence-corrected chi connectivity index (χ4v) is 5.76. The Balaban J connectivity index is 1.80. The lowest BCUT2D eigenvalue weighted by Crippen LogP contribution is -2.44. The highest BCUT2D eigenvalue weighted by atomic mass is 32.1. The van der Waals surface area contributed by atoms with Gasteiger partial charge < -0.3 is 24.2 Å². The van der Waals surface area contributed by atoms with Gasteiger partial charge in [0.25, 0.3) is 5.56 Å². The Labute approximate surface area is 207 Å². The van der Waals surface area contributed by atoms with Gasteiger partial charge in [-0.2, -0.15) is 0 Å². The second kappa shape index (κ2) is 11.2. The summed E-state index contributed by atoms with van der Waals surface area (Å²) in [6.45, 7) is 4.29. The van der Waals surface area contributed by atoms with Crippen LogP contribution in [0.4, 0.5) is 0 Å². The second-order valence-corrected chi connectivity index (χ2v) is 10.8. The van der Waals surface area contributed by atoms with Gasteiger partial charge in [0.1, 0.15) is 23.6 Å². The first-order chi connectivity index (χ1) is 16.5. The summed E-state index contributed by atoms with van der Waals surface area (Å²) in [6, 6.07) is 9.51. The standard InChI is InChI=1S/C22H29N2O9PS/c1-4-30-19(27)14(2)13-34(29,33-15-8-6-5-7-9-15)31-12-16-18(26)22(3,28)20(32-16)24-11-10-17(25)23-21(24)35/h5-11,14,16,18,20,26,28H,4,12-13H2,1-3H3,(H,23,25,35)/t14-,16-,18+,20-,22?,34?/m1/s1. The summed E-state index contributed by atoms with van der Waals surface area (Å²) in [5.74, 6) is -1.08. The van der Waals surface area contributed by atoms with Crippen molar-refractivity contribution in [3.63, 3.8) is 0 Å². The average Bonchev–Trinajstić information content (AvgIpc) is 3.02. The molecule has 11 nitrogen and oxygen atoms in total. The van der Waals surface area contributed by atoms with E-state index < -0.39 is 55.7 Å². The quantitative estimate of drug-likeness (QED) is 0.238. The number of H-pyrrole nitrogens is 1. The summed E-state index contributed by atoms with van der Waals surface area (Å²) < 4.78 is 37.1. The van der Waals surface area contributed by atoms with Crippen molar-refractivity contribution in [2.75, 3.05) is 19.4 Å². The van der Waals surface area contributed by atoms with Gasteiger partial charge in [0.2, 0.25) is 0 Å². The molecule has 35 heavy (non-hydrogen) atoms. The van der Waals surface area contributed by atoms with Crippen molar-refractivity contribution in [3.05, 3.63) is 57.7 Å². The molecule has 1 aliphatic heterocycles. The molecule has 0 radical (unpaired) electrons. The van der Waals surface area contributed by atoms with Crippen molar-refractivity contribution in [1.82, 2.24) is 9.55 Å². The molecule has 2 unspecified atom stereocenters. The number of nitrogens with one attached hydrogen (secondary N) is 1. The van der Waals surface area contributed by atoms with E-state index in [1.807, 2.05) is 0 Å². The molecule has 2 heterocycles. The van der Waals surface area contributed by atoms with Gasteiger partial charge in [0, 0.05) is 12.3 Å². The minimum absolute atomic E-state index is 0.0158. The number of benzene rings is 1. The van der Waals surface area contributed by atoms with Crippen LogP contribution < -0.4 is 10.1 Å². The van der Waals surface area contributed by atoms with Crippen molar-refractivity contribution < 1.29 is 38.1 Å². The van der Waals surface area contributed by atoms with Crippen molar-refractivity contribution in [2.45, 2.75) is 44.8 Å². The lowest BCUT2D eigenvalue weighted by atomic mass is 9.96. The molecule has 2 aromatic rings. The number of hydrogen-bond acceptors (Lipinski definition) is 10. The van der Waals surface area contributed by atoms with E-state index in [0.717, 1.165) is 0 Å². The lowest BCUT2D eigenvalue weighted by Gasteiger charge is -2.28. The molecule has 3 N–H and O–H groups in total. The minimum Gasteiger partial charge on any atom is -0.466 e. The predicted molar refractivity (Wildman–Crippen MR) is 128 cm³/mol. The van der Waals surface area contributed by atoms with Crippen LogP contribution >= 0.6 is 19.8 Å². The highest BCUT2D eigenvalue weighted by Crippen LogP contribution is 2.51. The molecule has 0 amide bonds. The monoisotopic (exact) mass is 528 g/mol. The number of ether oxygens (including phenoxy) is 2. The van der Waals surface area contributed by atoms with E-state index in [9.17, 15) is 24.4 Å². The van der Waals surface area contributed by atoms with Crippen LogP contribution in [0, 0.1) is 10.7 Å². The molecule has 0 bridgehead atoms. The molecule has 1 aromatic carbocycles. The summed E-state index contributed by atoms with van der Waals surface area (Å²) in [6.07, 6.45) is -2.71. The number of aliphatic hydroxyl groups excluding tert-OH is 1. The van der Waals surface area contributed by atoms with Gasteiger partial charge in [0.05, 0.1) is 25.3 Å². The highest BCUT2D eigenvalue weighted by molar-refractivity contribution is 7.71. The molecule has 1 aromatic heterocycles. The Kier molecular flexibility index (Phi) is 8.68. The zero-order chi connectivity index (χ0) is 25.8. The van der Waals surface area contributed by atoms with E-state index in [2.05, 4.69) is 4.98 Å². The van der Waals surface area contributed by atoms with Crippen LogP contribution in [0.25, 0.3) is 0 Å². The van der Waals surface area contributed by atoms with E-state index >= 15 is 0 Å². The topological polar surface area (TPSA) is 149 Å². The molecular formula is C22H29N2O9PS. The Hall–Kier alpha value is -2.34. The van der Waals surface area contributed by atoms with Crippen LogP contribution in [-0.4, -0.2) is 62.9 Å². The molecule has 3 rings (SSSR count). The lowest BCUT2D eigenvalue weighted by molar-refractivity contribution is -0.146. The normalized spacial score (nSPS) is 26.6. The molecule has 192 valence electrons. The first kappa shape index (κ1) is 27.3. The molecule has 0 aliphatic carbocycles. The summed E-state index contributed by atoms with van der Waals surface area (Å²) in [7, 11) is -3.95. The van der Waals surface area contributed by atoms with Gasteiger partial charge >= 0.3 is 13.6 Å². The molecule has 13 heteroatoms. The van der Waals surface area contributed by atoms with Gasteiger partial charge in [-0.1, -0.05) is 25.1 Å². The third-order valence-electron chi connectivity index (χ3n) is 5.47. The SMILES string of the molecule is CCOC(=O)[C@H](C)CP(=O)(OC[C@H]1O[C@@H](n2ccc(=O)[nH]c2=S)C(C)(O)[C@H]1O)Oc1ccccc1. The van der Waals surface area contributed by atoms with Crippen molar-refractivity contribution in [1.29, 1.82) is 0 Å². The third-order valence-corrected chi connectivity index (χ3v) is 7.81. The number of rotatable bonds is 10. The van der Waals surface area contributed by atoms with Gasteiger partial charge in [0.15, 0.2) is 11.0 Å². The van der Waals surface area contributed by atoms with Crippen LogP contribution in [0.5, 0.6) is 5.75 Å². The first-order valence-electron chi connectivity index (χ1n) is 11.0. The minimum atomic E-state index is -3.95. The third kappa shape index (κ3) is 6.46. The summed E-state index contributed by atoms with van der Waals surface area (Å²) in [4.78, 5) is 26.1. The van der Waals surface area contributed by atoms with E-state index in [-0.39, 0.29) is 23.3 Å². The van der Waals surface area contributed by atoms with Crippen LogP contribution in [0.3, 0.4) is 0 Å². The number of aromatic nitrogens is 2. The van der Waals surface area contributed by atoms with Crippen molar-refractivity contribution in [2.24, 2.45) is 5.92 Å². The highest BCUT2D eigenvalue weighted by Gasteiger charge is 2.53. The maximum absolute atomic E-state index is 13.7. The molecule has 1 fully saturated rings. The summed E-state index contributed by atoms with van der Waals surface area (Å²) in [5, 5.41) is 21.7. The van der Waals surface area contributed by atoms with Crippen molar-refractivity contribution >= 4 is 25.8 Å². The van der Waals surface area contributed by atoms with Crippen molar-refractivity contribution in [3.8, 4) is 5.75 Å². The number of carbonyl (C=O) groups excluding carboxylic acids is 1. The number of para-hydroxylation sites is 1. The zero-order valence-electron chi connectivity index (χ0n) is 19.5. The molecule has 0 saturated carbocycles. The maximum Gasteiger partial charge on any atom is 0.380 e. The Morgan fingerprint density at radius 2 is 2.03 bits per heavy atom. The van der Waals surface area contributed by atoms with Crippen LogP contribution in [0.15, 0.2) is 47.4 Å². The average molecular weight is 529 g/mol. The van der Waals surface area contributed by atoms with Crippen LogP contribution in [0.2, 0.25) is 0 Å². The first-order valence-corrected chi connectivity index (χ1v) is 13.1. The number of aliphatic hydroxyl groups is 2. The smallest absolute Gasteiger partial charge is 0.380 e. The molecule has 0 spiro atoms. The van der Waals surface area contributed by atoms with Gasteiger partial charge in [-0.05, 0) is 38.2 Å². The van der Waals surface area contributed by atoms with Gasteiger partial charge in [-0.3, -0.25) is 23.7 Å². The number of hydrogen-bond donors (Lipinski definition) is 3. The fraction of sp³-hybridized carbons (Fsp3) is 0.500. The van der Waals surface area contributed by atoms with Gasteiger partial charge in [-0.25, -0.2) is 4.57 Å². The Bertz CT molecular complexity index is 1180. The Morgan fingerprint density at radius 1 is 1.34 bits per heavy atom. The molecule has 1 aliphatic rings. The fourth-order valence-electron chi connectivity index (χ4n) is 3.63. The number of aromatic amines is 1. The maximum atomic E-state index is 13.7. The van der Waals surface area contributed by atoms with E-state index in [1.54, 1.807) is 44.2 Å².